The van der Waals surface area contributed by atoms with Crippen LogP contribution in [0.15, 0.2) is 102 Å². The van der Waals surface area contributed by atoms with E-state index >= 15 is 4.39 Å². The van der Waals surface area contributed by atoms with Gasteiger partial charge < -0.3 is 4.84 Å². The summed E-state index contributed by atoms with van der Waals surface area (Å²) in [6.07, 6.45) is -5.46. The second kappa shape index (κ2) is 10.9. The van der Waals surface area contributed by atoms with E-state index < -0.39 is 23.9 Å². The minimum Gasteiger partial charge on any atom is -0.374 e. The Balaban J connectivity index is 1.21. The number of hydrogen-bond donors (Lipinski definition) is 0. The van der Waals surface area contributed by atoms with Crippen molar-refractivity contribution in [3.8, 4) is 0 Å². The van der Waals surface area contributed by atoms with Gasteiger partial charge in [-0.15, -0.1) is 0 Å². The van der Waals surface area contributed by atoms with Crippen molar-refractivity contribution in [2.24, 2.45) is 5.16 Å². The molecule has 4 aromatic carbocycles. The first-order valence-corrected chi connectivity index (χ1v) is 14.2. The first kappa shape index (κ1) is 29.0. The molecule has 1 fully saturated rings. The molecule has 0 N–H and O–H groups in total. The van der Waals surface area contributed by atoms with Crippen molar-refractivity contribution in [2.45, 2.75) is 29.9 Å². The van der Waals surface area contributed by atoms with Crippen LogP contribution in [0.25, 0.3) is 0 Å². The number of oxime groups is 1. The van der Waals surface area contributed by atoms with Crippen LogP contribution in [0.5, 0.6) is 0 Å². The topological polar surface area (TPSA) is 24.8 Å². The molecular formula is C32H23Cl3F4N2O. The maximum Gasteiger partial charge on any atom is 0.435 e. The Kier molecular flexibility index (Phi) is 7.50. The summed E-state index contributed by atoms with van der Waals surface area (Å²) in [6.45, 7) is 0.334. The van der Waals surface area contributed by atoms with Crippen LogP contribution in [0.4, 0.5) is 17.6 Å². The van der Waals surface area contributed by atoms with Crippen LogP contribution < -0.4 is 0 Å². The van der Waals surface area contributed by atoms with Crippen LogP contribution in [0, 0.1) is 0 Å². The van der Waals surface area contributed by atoms with Gasteiger partial charge in [0.15, 0.2) is 5.67 Å². The van der Waals surface area contributed by atoms with E-state index in [1.807, 2.05) is 60.7 Å². The smallest absolute Gasteiger partial charge is 0.374 e. The summed E-state index contributed by atoms with van der Waals surface area (Å²) >= 11 is 18.0. The third kappa shape index (κ3) is 5.06. The Bertz CT molecular complexity index is 1560. The molecule has 42 heavy (non-hydrogen) atoms. The number of halogens is 7. The largest absolute Gasteiger partial charge is 0.435 e. The fourth-order valence-corrected chi connectivity index (χ4v) is 6.25. The normalized spacial score (nSPS) is 20.2. The van der Waals surface area contributed by atoms with Crippen molar-refractivity contribution in [3.05, 3.63) is 140 Å². The highest BCUT2D eigenvalue weighted by Crippen LogP contribution is 2.51. The molecule has 0 saturated carbocycles. The molecule has 2 heterocycles. The van der Waals surface area contributed by atoms with Crippen LogP contribution in [0.2, 0.25) is 15.1 Å². The van der Waals surface area contributed by atoms with E-state index in [1.165, 1.54) is 0 Å². The molecule has 1 saturated heterocycles. The number of alkyl halides is 4. The minimum absolute atomic E-state index is 0.0531. The van der Waals surface area contributed by atoms with Crippen LogP contribution in [0.1, 0.15) is 40.3 Å². The average Bonchev–Trinajstić information content (AvgIpc) is 3.43. The van der Waals surface area contributed by atoms with Crippen molar-refractivity contribution in [1.29, 1.82) is 0 Å². The summed E-state index contributed by atoms with van der Waals surface area (Å²) < 4.78 is 59.3. The van der Waals surface area contributed by atoms with Crippen LogP contribution in [-0.4, -0.2) is 29.9 Å². The van der Waals surface area contributed by atoms with Crippen molar-refractivity contribution in [2.75, 3.05) is 13.1 Å². The summed E-state index contributed by atoms with van der Waals surface area (Å²) in [7, 11) is 0. The Morgan fingerprint density at radius 3 is 1.79 bits per heavy atom. The molecule has 216 valence electrons. The molecule has 2 aliphatic heterocycles. The second-order valence-electron chi connectivity index (χ2n) is 10.6. The van der Waals surface area contributed by atoms with E-state index in [1.54, 1.807) is 24.3 Å². The van der Waals surface area contributed by atoms with Gasteiger partial charge in [-0.1, -0.05) is 125 Å². The second-order valence-corrected chi connectivity index (χ2v) is 11.7. The number of benzene rings is 4. The summed E-state index contributed by atoms with van der Waals surface area (Å²) in [5, 5.41) is 3.47. The summed E-state index contributed by atoms with van der Waals surface area (Å²) in [5.41, 5.74) is -1.68. The van der Waals surface area contributed by atoms with E-state index in [2.05, 4.69) is 10.1 Å². The molecule has 1 atom stereocenters. The van der Waals surface area contributed by atoms with Crippen molar-refractivity contribution < 1.29 is 22.4 Å². The minimum atomic E-state index is -4.84. The zero-order valence-corrected chi connectivity index (χ0v) is 24.2. The Hall–Kier alpha value is -3.10. The lowest BCUT2D eigenvalue weighted by Crippen LogP contribution is -2.57. The lowest BCUT2D eigenvalue weighted by atomic mass is 9.83. The zero-order valence-electron chi connectivity index (χ0n) is 21.9. The number of likely N-dealkylation sites (tertiary alicyclic amines) is 1. The molecule has 0 radical (unpaired) electrons. The molecule has 6 rings (SSSR count). The van der Waals surface area contributed by atoms with Gasteiger partial charge in [0.2, 0.25) is 0 Å². The first-order chi connectivity index (χ1) is 20.0. The van der Waals surface area contributed by atoms with Gasteiger partial charge in [0.25, 0.3) is 5.60 Å². The molecule has 3 nitrogen and oxygen atoms in total. The molecule has 0 bridgehead atoms. The number of rotatable bonds is 6. The van der Waals surface area contributed by atoms with E-state index in [0.717, 1.165) is 23.3 Å². The van der Waals surface area contributed by atoms with Crippen LogP contribution >= 0.6 is 34.8 Å². The lowest BCUT2D eigenvalue weighted by molar-refractivity contribution is -0.275. The summed E-state index contributed by atoms with van der Waals surface area (Å²) in [6, 6.07) is 28.3. The third-order valence-electron chi connectivity index (χ3n) is 7.87. The maximum atomic E-state index is 16.1. The SMILES string of the molecule is FC1(c2ccc(C3=NO[C@](c4cc(Cl)c(Cl)c(Cl)c4)(C(F)(F)F)C3)cc2)CN(C(c2ccccc2)c2ccccc2)C1. The van der Waals surface area contributed by atoms with Crippen LogP contribution in [-0.2, 0) is 16.1 Å². The van der Waals surface area contributed by atoms with E-state index in [0.29, 0.717) is 11.1 Å². The highest BCUT2D eigenvalue weighted by Gasteiger charge is 2.62. The van der Waals surface area contributed by atoms with E-state index in [4.69, 9.17) is 39.6 Å². The molecule has 0 spiro atoms. The van der Waals surface area contributed by atoms with E-state index in [-0.39, 0.29) is 45.5 Å². The van der Waals surface area contributed by atoms with Gasteiger partial charge in [0.05, 0.1) is 26.8 Å². The van der Waals surface area contributed by atoms with Gasteiger partial charge in [-0.05, 0) is 34.4 Å². The van der Waals surface area contributed by atoms with Gasteiger partial charge in [0, 0.05) is 25.1 Å². The van der Waals surface area contributed by atoms with Gasteiger partial charge in [-0.2, -0.15) is 13.2 Å². The number of nitrogens with zero attached hydrogens (tertiary/aromatic N) is 2. The zero-order chi connectivity index (χ0) is 29.7. The standard InChI is InChI=1S/C32H23Cl3F4N2O/c33-25-15-24(16-26(34)28(25)35)31(32(37,38)39)17-27(40-42-31)20-11-13-23(14-12-20)30(36)18-41(19-30)29(21-7-3-1-4-8-21)22-9-5-2-6-10-22/h1-16,29H,17-19H2/t31-/m1/s1. The summed E-state index contributed by atoms with van der Waals surface area (Å²) in [5.74, 6) is 0. The van der Waals surface area contributed by atoms with Crippen molar-refractivity contribution in [3.63, 3.8) is 0 Å². The van der Waals surface area contributed by atoms with Crippen LogP contribution in [0.3, 0.4) is 0 Å². The highest BCUT2D eigenvalue weighted by molar-refractivity contribution is 6.48. The van der Waals surface area contributed by atoms with E-state index in [9.17, 15) is 13.2 Å². The number of hydrogen-bond acceptors (Lipinski definition) is 3. The van der Waals surface area contributed by atoms with Gasteiger partial charge in [0.1, 0.15) is 0 Å². The summed E-state index contributed by atoms with van der Waals surface area (Å²) in [4.78, 5) is 7.16. The average molecular weight is 634 g/mol. The molecule has 0 aromatic heterocycles. The fourth-order valence-electron chi connectivity index (χ4n) is 5.66. The fraction of sp³-hybridized carbons (Fsp3) is 0.219. The van der Waals surface area contributed by atoms with Crippen molar-refractivity contribution >= 4 is 40.5 Å². The Morgan fingerprint density at radius 2 is 1.29 bits per heavy atom. The van der Waals surface area contributed by atoms with Gasteiger partial charge in [-0.25, -0.2) is 4.39 Å². The molecule has 0 unspecified atom stereocenters. The van der Waals surface area contributed by atoms with Gasteiger partial charge in [-0.3, -0.25) is 4.90 Å². The molecular weight excluding hydrogens is 611 g/mol. The Morgan fingerprint density at radius 1 is 0.762 bits per heavy atom. The predicted molar refractivity (Wildman–Crippen MR) is 157 cm³/mol. The van der Waals surface area contributed by atoms with Crippen molar-refractivity contribution in [1.82, 2.24) is 4.90 Å². The molecule has 10 heteroatoms. The Labute approximate surface area is 255 Å². The molecule has 4 aromatic rings. The monoisotopic (exact) mass is 632 g/mol. The molecule has 2 aliphatic rings. The molecule has 0 amide bonds. The van der Waals surface area contributed by atoms with Gasteiger partial charge >= 0.3 is 6.18 Å². The quantitative estimate of drug-likeness (QED) is 0.156. The highest BCUT2D eigenvalue weighted by atomic mass is 35.5. The maximum absolute atomic E-state index is 16.1. The third-order valence-corrected chi connectivity index (χ3v) is 9.07. The lowest BCUT2D eigenvalue weighted by Gasteiger charge is -2.49. The first-order valence-electron chi connectivity index (χ1n) is 13.1. The predicted octanol–water partition coefficient (Wildman–Crippen LogP) is 9.50. The molecule has 0 aliphatic carbocycles.